The van der Waals surface area contributed by atoms with Crippen LogP contribution in [0.2, 0.25) is 0 Å². The topological polar surface area (TPSA) is 104 Å². The Morgan fingerprint density at radius 1 is 1.00 bits per heavy atom. The molecule has 2 amide bonds. The first-order valence-corrected chi connectivity index (χ1v) is 17.4. The summed E-state index contributed by atoms with van der Waals surface area (Å²) in [6, 6.07) is 11.4. The van der Waals surface area contributed by atoms with Crippen molar-refractivity contribution >= 4 is 23.2 Å². The molecule has 2 saturated heterocycles. The minimum Gasteiger partial charge on any atom is -0.381 e. The van der Waals surface area contributed by atoms with Crippen molar-refractivity contribution in [3.05, 3.63) is 80.3 Å². The Bertz CT molecular complexity index is 1830. The maximum atomic E-state index is 14.0. The highest BCUT2D eigenvalue weighted by Crippen LogP contribution is 2.49. The number of H-pyrrole nitrogens is 1. The normalized spacial score (nSPS) is 17.7. The number of aryl methyl sites for hydroxylation is 2. The molecular weight excluding hydrogens is 649 g/mol. The first-order chi connectivity index (χ1) is 23.8. The van der Waals surface area contributed by atoms with Crippen LogP contribution >= 0.6 is 0 Å². The van der Waals surface area contributed by atoms with Crippen molar-refractivity contribution in [1.29, 1.82) is 0 Å². The van der Waals surface area contributed by atoms with E-state index in [9.17, 15) is 27.6 Å². The van der Waals surface area contributed by atoms with Crippen molar-refractivity contribution in [1.82, 2.24) is 10.3 Å². The van der Waals surface area contributed by atoms with E-state index in [4.69, 9.17) is 9.47 Å². The number of aromatic amines is 1. The first kappa shape index (κ1) is 35.7. The molecule has 50 heavy (non-hydrogen) atoms. The molecule has 0 bridgehead atoms. The van der Waals surface area contributed by atoms with Crippen molar-refractivity contribution in [3.63, 3.8) is 0 Å². The molecule has 4 heterocycles. The Kier molecular flexibility index (Phi) is 10.1. The number of pyridine rings is 1. The maximum absolute atomic E-state index is 14.0. The van der Waals surface area contributed by atoms with Gasteiger partial charge in [0.1, 0.15) is 0 Å². The lowest BCUT2D eigenvalue weighted by Gasteiger charge is -2.37. The lowest BCUT2D eigenvalue weighted by Crippen LogP contribution is -2.44. The summed E-state index contributed by atoms with van der Waals surface area (Å²) in [5.74, 6) is -0.669. The second-order valence-electron chi connectivity index (χ2n) is 13.7. The molecular formula is C38H45F3N4O5. The Morgan fingerprint density at radius 3 is 2.36 bits per heavy atom. The average molecular weight is 695 g/mol. The van der Waals surface area contributed by atoms with Crippen LogP contribution in [-0.4, -0.2) is 68.5 Å². The fourth-order valence-electron chi connectivity index (χ4n) is 7.87. The van der Waals surface area contributed by atoms with E-state index in [1.54, 1.807) is 19.1 Å². The number of fused-ring (bicyclic) bond motifs is 2. The molecule has 0 saturated carbocycles. The van der Waals surface area contributed by atoms with Crippen LogP contribution in [0.15, 0.2) is 41.2 Å². The lowest BCUT2D eigenvalue weighted by molar-refractivity contribution is -0.135. The number of halogens is 3. The van der Waals surface area contributed by atoms with Gasteiger partial charge < -0.3 is 29.6 Å². The molecule has 2 N–H and O–H groups in total. The van der Waals surface area contributed by atoms with E-state index in [1.165, 1.54) is 4.90 Å². The van der Waals surface area contributed by atoms with Crippen LogP contribution in [0.1, 0.15) is 77.3 Å². The highest BCUT2D eigenvalue weighted by Gasteiger charge is 2.52. The van der Waals surface area contributed by atoms with Gasteiger partial charge in [-0.1, -0.05) is 12.1 Å². The summed E-state index contributed by atoms with van der Waals surface area (Å²) < 4.78 is 51.6. The molecule has 12 heteroatoms. The smallest absolute Gasteiger partial charge is 0.381 e. The number of nitrogens with one attached hydrogen (secondary N) is 2. The van der Waals surface area contributed by atoms with Crippen LogP contribution in [0.4, 0.5) is 24.5 Å². The number of hydrogen-bond donors (Lipinski definition) is 2. The van der Waals surface area contributed by atoms with Gasteiger partial charge in [0.2, 0.25) is 5.91 Å². The standard InChI is InChI=1S/C38H45F3N4O5/c1-5-44(28-8-14-49-15-9-28)32-21-27(19-29(25(32)4)34(46)42-22-30-23(2)18-24(3)43-35(30)47)26-6-7-31-33(20-26)45(13-10-38(39,40)41)36(48)37(31)11-16-50-17-12-37/h6-7,18-21,28H,5,8-17,22H2,1-4H3,(H,42,46)(H,43,47). The molecule has 0 radical (unpaired) electrons. The van der Waals surface area contributed by atoms with Crippen LogP contribution in [0.3, 0.4) is 0 Å². The van der Waals surface area contributed by atoms with Gasteiger partial charge >= 0.3 is 6.18 Å². The van der Waals surface area contributed by atoms with Gasteiger partial charge in [-0.2, -0.15) is 13.2 Å². The van der Waals surface area contributed by atoms with Gasteiger partial charge in [-0.3, -0.25) is 14.4 Å². The molecule has 3 aliphatic heterocycles. The van der Waals surface area contributed by atoms with Gasteiger partial charge in [-0.25, -0.2) is 0 Å². The second-order valence-corrected chi connectivity index (χ2v) is 13.7. The minimum atomic E-state index is -4.42. The zero-order chi connectivity index (χ0) is 35.8. The molecule has 6 rings (SSSR count). The summed E-state index contributed by atoms with van der Waals surface area (Å²) in [7, 11) is 0. The number of anilines is 2. The number of carbonyl (C=O) groups is 2. The summed E-state index contributed by atoms with van der Waals surface area (Å²) in [6.45, 7) is 9.85. The monoisotopic (exact) mass is 694 g/mol. The molecule has 268 valence electrons. The van der Waals surface area contributed by atoms with Crippen LogP contribution in [0.5, 0.6) is 0 Å². The van der Waals surface area contributed by atoms with Gasteiger partial charge in [0.15, 0.2) is 0 Å². The highest BCUT2D eigenvalue weighted by molar-refractivity contribution is 6.09. The largest absolute Gasteiger partial charge is 0.390 e. The Balaban J connectivity index is 1.43. The Hall–Kier alpha value is -4.16. The summed E-state index contributed by atoms with van der Waals surface area (Å²) in [5, 5.41) is 2.96. The summed E-state index contributed by atoms with van der Waals surface area (Å²) in [4.78, 5) is 47.0. The zero-order valence-corrected chi connectivity index (χ0v) is 29.1. The summed E-state index contributed by atoms with van der Waals surface area (Å²) >= 11 is 0. The molecule has 1 spiro atoms. The fourth-order valence-corrected chi connectivity index (χ4v) is 7.87. The highest BCUT2D eigenvalue weighted by atomic mass is 19.4. The van der Waals surface area contributed by atoms with Crippen LogP contribution in [0.25, 0.3) is 11.1 Å². The van der Waals surface area contributed by atoms with E-state index in [2.05, 4.69) is 22.1 Å². The first-order valence-electron chi connectivity index (χ1n) is 17.4. The van der Waals surface area contributed by atoms with E-state index in [0.29, 0.717) is 73.8 Å². The third-order valence-electron chi connectivity index (χ3n) is 10.6. The van der Waals surface area contributed by atoms with Gasteiger partial charge in [-0.15, -0.1) is 0 Å². The van der Waals surface area contributed by atoms with Crippen molar-refractivity contribution in [2.75, 3.05) is 49.3 Å². The number of benzene rings is 2. The van der Waals surface area contributed by atoms with Crippen LogP contribution in [-0.2, 0) is 26.2 Å². The lowest BCUT2D eigenvalue weighted by atomic mass is 9.75. The number of aromatic nitrogens is 1. The number of hydrogen-bond acceptors (Lipinski definition) is 6. The number of carbonyl (C=O) groups excluding carboxylic acids is 2. The van der Waals surface area contributed by atoms with Gasteiger partial charge in [0.25, 0.3) is 11.5 Å². The fraction of sp³-hybridized carbons (Fsp3) is 0.500. The van der Waals surface area contributed by atoms with Crippen molar-refractivity contribution in [2.24, 2.45) is 0 Å². The number of ether oxygens (including phenoxy) is 2. The number of amides is 2. The van der Waals surface area contributed by atoms with Crippen molar-refractivity contribution in [2.45, 2.75) is 84.0 Å². The summed E-state index contributed by atoms with van der Waals surface area (Å²) in [6.07, 6.45) is -3.08. The molecule has 2 fully saturated rings. The van der Waals surface area contributed by atoms with Crippen molar-refractivity contribution < 1.29 is 32.2 Å². The molecule has 0 unspecified atom stereocenters. The predicted molar refractivity (Wildman–Crippen MR) is 186 cm³/mol. The number of alkyl halides is 3. The molecule has 2 aromatic carbocycles. The molecule has 3 aliphatic rings. The van der Waals surface area contributed by atoms with E-state index in [1.807, 2.05) is 38.1 Å². The van der Waals surface area contributed by atoms with Crippen LogP contribution < -0.4 is 20.7 Å². The average Bonchev–Trinajstić information content (AvgIpc) is 3.30. The number of rotatable bonds is 9. The number of nitrogens with zero attached hydrogens (tertiary/aromatic N) is 2. The summed E-state index contributed by atoms with van der Waals surface area (Å²) in [5.41, 5.74) is 5.46. The second kappa shape index (κ2) is 14.2. The molecule has 1 aromatic heterocycles. The van der Waals surface area contributed by atoms with Crippen molar-refractivity contribution in [3.8, 4) is 11.1 Å². The van der Waals surface area contributed by atoms with E-state index < -0.39 is 24.6 Å². The van der Waals surface area contributed by atoms with Crippen LogP contribution in [0, 0.1) is 20.8 Å². The van der Waals surface area contributed by atoms with Gasteiger partial charge in [0.05, 0.1) is 11.8 Å². The van der Waals surface area contributed by atoms with E-state index in [-0.39, 0.29) is 30.0 Å². The zero-order valence-electron chi connectivity index (χ0n) is 29.1. The molecule has 0 aliphatic carbocycles. The van der Waals surface area contributed by atoms with Gasteiger partial charge in [0, 0.05) is 80.3 Å². The molecule has 3 aromatic rings. The van der Waals surface area contributed by atoms with E-state index >= 15 is 0 Å². The maximum Gasteiger partial charge on any atom is 0.390 e. The van der Waals surface area contributed by atoms with E-state index in [0.717, 1.165) is 40.9 Å². The van der Waals surface area contributed by atoms with Gasteiger partial charge in [-0.05, 0) is 105 Å². The third kappa shape index (κ3) is 6.92. The predicted octanol–water partition coefficient (Wildman–Crippen LogP) is 6.25. The SMILES string of the molecule is CCN(c1cc(-c2ccc3c(c2)N(CCC(F)(F)F)C(=O)C32CCOCC2)cc(C(=O)NCc2c(C)cc(C)[nH]c2=O)c1C)C1CCOCC1. The third-order valence-corrected chi connectivity index (χ3v) is 10.6. The minimum absolute atomic E-state index is 0.0393. The Morgan fingerprint density at radius 2 is 1.70 bits per heavy atom. The molecule has 0 atom stereocenters. The quantitative estimate of drug-likeness (QED) is 0.275. The molecule has 9 nitrogen and oxygen atoms in total. The Labute approximate surface area is 290 Å².